The second kappa shape index (κ2) is 4.10. The van der Waals surface area contributed by atoms with Crippen molar-refractivity contribution in [3.63, 3.8) is 0 Å². The number of hydroxylamine groups is 2. The van der Waals surface area contributed by atoms with E-state index in [1.165, 1.54) is 0 Å². The van der Waals surface area contributed by atoms with Crippen LogP contribution in [-0.4, -0.2) is 17.3 Å². The third kappa shape index (κ3) is 2.64. The van der Waals surface area contributed by atoms with Gasteiger partial charge in [0.2, 0.25) is 0 Å². The van der Waals surface area contributed by atoms with Gasteiger partial charge in [-0.25, -0.2) is 0 Å². The van der Waals surface area contributed by atoms with Crippen molar-refractivity contribution in [1.29, 1.82) is 0 Å². The highest BCUT2D eigenvalue weighted by atomic mass is 35.5. The molecule has 0 aliphatic rings. The standard InChI is InChI=1S/C8H9Cl2NO/c1-11(12)5-6-2-3-7(9)4-8(6)10/h2-4,12H,5H2,1H3. The fraction of sp³-hybridized carbons (Fsp3) is 0.250. The number of nitrogens with zero attached hydrogens (tertiary/aromatic N) is 1. The van der Waals surface area contributed by atoms with Crippen molar-refractivity contribution >= 4 is 23.2 Å². The van der Waals surface area contributed by atoms with Gasteiger partial charge in [-0.15, -0.1) is 0 Å². The molecule has 0 radical (unpaired) electrons. The van der Waals surface area contributed by atoms with Crippen LogP contribution in [0.2, 0.25) is 10.0 Å². The van der Waals surface area contributed by atoms with Crippen molar-refractivity contribution in [2.75, 3.05) is 7.05 Å². The topological polar surface area (TPSA) is 23.5 Å². The van der Waals surface area contributed by atoms with E-state index in [2.05, 4.69) is 0 Å². The Labute approximate surface area is 81.3 Å². The summed E-state index contributed by atoms with van der Waals surface area (Å²) in [6.07, 6.45) is 0. The van der Waals surface area contributed by atoms with E-state index in [1.54, 1.807) is 25.2 Å². The third-order valence-electron chi connectivity index (χ3n) is 1.41. The molecule has 1 aromatic carbocycles. The van der Waals surface area contributed by atoms with E-state index < -0.39 is 0 Å². The molecule has 0 heterocycles. The van der Waals surface area contributed by atoms with Gasteiger partial charge in [0.15, 0.2) is 0 Å². The van der Waals surface area contributed by atoms with Crippen molar-refractivity contribution in [3.8, 4) is 0 Å². The van der Waals surface area contributed by atoms with Crippen molar-refractivity contribution in [1.82, 2.24) is 5.06 Å². The monoisotopic (exact) mass is 205 g/mol. The molecule has 0 spiro atoms. The molecule has 0 saturated heterocycles. The molecule has 0 amide bonds. The molecule has 4 heteroatoms. The Hall–Kier alpha value is -0.280. The summed E-state index contributed by atoms with van der Waals surface area (Å²) >= 11 is 11.5. The molecular formula is C8H9Cl2NO. The normalized spacial score (nSPS) is 10.8. The number of benzene rings is 1. The van der Waals surface area contributed by atoms with Gasteiger partial charge in [-0.3, -0.25) is 0 Å². The zero-order chi connectivity index (χ0) is 9.14. The summed E-state index contributed by atoms with van der Waals surface area (Å²) < 4.78 is 0. The molecule has 66 valence electrons. The highest BCUT2D eigenvalue weighted by Crippen LogP contribution is 2.21. The Kier molecular flexibility index (Phi) is 3.35. The Morgan fingerprint density at radius 3 is 2.58 bits per heavy atom. The summed E-state index contributed by atoms with van der Waals surface area (Å²) in [5.74, 6) is 0. The first-order chi connectivity index (χ1) is 5.59. The molecule has 1 aromatic rings. The van der Waals surface area contributed by atoms with Crippen LogP contribution in [0, 0.1) is 0 Å². The van der Waals surface area contributed by atoms with Gasteiger partial charge in [-0.1, -0.05) is 29.3 Å². The lowest BCUT2D eigenvalue weighted by Crippen LogP contribution is -2.11. The van der Waals surface area contributed by atoms with E-state index in [9.17, 15) is 0 Å². The fourth-order valence-corrected chi connectivity index (χ4v) is 1.36. The predicted octanol–water partition coefficient (Wildman–Crippen LogP) is 2.81. The lowest BCUT2D eigenvalue weighted by atomic mass is 10.2. The number of hydrogen-bond acceptors (Lipinski definition) is 2. The number of hydrogen-bond donors (Lipinski definition) is 1. The van der Waals surface area contributed by atoms with Gasteiger partial charge < -0.3 is 5.21 Å². The maximum Gasteiger partial charge on any atom is 0.0500 e. The summed E-state index contributed by atoms with van der Waals surface area (Å²) in [6.45, 7) is 0.399. The molecule has 1 rings (SSSR count). The highest BCUT2D eigenvalue weighted by molar-refractivity contribution is 6.35. The van der Waals surface area contributed by atoms with Crippen LogP contribution in [0.5, 0.6) is 0 Å². The first kappa shape index (κ1) is 9.81. The molecule has 0 saturated carbocycles. The van der Waals surface area contributed by atoms with E-state index in [0.29, 0.717) is 16.6 Å². The summed E-state index contributed by atoms with van der Waals surface area (Å²) in [4.78, 5) is 0. The Balaban J connectivity index is 2.86. The van der Waals surface area contributed by atoms with Crippen LogP contribution in [0.1, 0.15) is 5.56 Å². The van der Waals surface area contributed by atoms with Crippen molar-refractivity contribution < 1.29 is 5.21 Å². The van der Waals surface area contributed by atoms with Crippen LogP contribution < -0.4 is 0 Å². The number of halogens is 2. The fourth-order valence-electron chi connectivity index (χ4n) is 0.896. The Morgan fingerprint density at radius 2 is 2.08 bits per heavy atom. The highest BCUT2D eigenvalue weighted by Gasteiger charge is 2.02. The molecule has 12 heavy (non-hydrogen) atoms. The molecule has 1 N–H and O–H groups in total. The lowest BCUT2D eigenvalue weighted by Gasteiger charge is -2.09. The van der Waals surface area contributed by atoms with E-state index in [0.717, 1.165) is 10.6 Å². The molecule has 0 aliphatic carbocycles. The summed E-state index contributed by atoms with van der Waals surface area (Å²) in [5.41, 5.74) is 0.853. The molecular weight excluding hydrogens is 197 g/mol. The third-order valence-corrected chi connectivity index (χ3v) is 2.00. The summed E-state index contributed by atoms with van der Waals surface area (Å²) in [5, 5.41) is 11.2. The molecule has 2 nitrogen and oxygen atoms in total. The summed E-state index contributed by atoms with van der Waals surface area (Å²) in [6, 6.07) is 5.19. The SMILES string of the molecule is CN(O)Cc1ccc(Cl)cc1Cl. The van der Waals surface area contributed by atoms with E-state index in [1.807, 2.05) is 0 Å². The lowest BCUT2D eigenvalue weighted by molar-refractivity contribution is -0.0731. The quantitative estimate of drug-likeness (QED) is 0.752. The average Bonchev–Trinajstić information content (AvgIpc) is 1.94. The second-order valence-corrected chi connectivity index (χ2v) is 3.40. The van der Waals surface area contributed by atoms with Crippen LogP contribution in [0.25, 0.3) is 0 Å². The summed E-state index contributed by atoms with van der Waals surface area (Å²) in [7, 11) is 1.56. The molecule has 0 bridgehead atoms. The van der Waals surface area contributed by atoms with Crippen LogP contribution >= 0.6 is 23.2 Å². The van der Waals surface area contributed by atoms with Crippen molar-refractivity contribution in [2.24, 2.45) is 0 Å². The second-order valence-electron chi connectivity index (χ2n) is 2.55. The predicted molar refractivity (Wildman–Crippen MR) is 49.7 cm³/mol. The average molecular weight is 206 g/mol. The van der Waals surface area contributed by atoms with Gasteiger partial charge in [-0.2, -0.15) is 5.06 Å². The van der Waals surface area contributed by atoms with Crippen LogP contribution in [-0.2, 0) is 6.54 Å². The van der Waals surface area contributed by atoms with E-state index in [4.69, 9.17) is 28.4 Å². The van der Waals surface area contributed by atoms with Crippen LogP contribution in [0.15, 0.2) is 18.2 Å². The minimum absolute atomic E-state index is 0.399. The van der Waals surface area contributed by atoms with Crippen molar-refractivity contribution in [3.05, 3.63) is 33.8 Å². The largest absolute Gasteiger partial charge is 0.314 e. The molecule has 0 atom stereocenters. The van der Waals surface area contributed by atoms with E-state index in [-0.39, 0.29) is 0 Å². The minimum Gasteiger partial charge on any atom is -0.314 e. The van der Waals surface area contributed by atoms with Gasteiger partial charge >= 0.3 is 0 Å². The Morgan fingerprint density at radius 1 is 1.42 bits per heavy atom. The van der Waals surface area contributed by atoms with Gasteiger partial charge in [0, 0.05) is 23.6 Å². The molecule has 0 unspecified atom stereocenters. The maximum atomic E-state index is 8.94. The van der Waals surface area contributed by atoms with Crippen molar-refractivity contribution in [2.45, 2.75) is 6.54 Å². The molecule has 0 aliphatic heterocycles. The Bertz CT molecular complexity index is 276. The van der Waals surface area contributed by atoms with E-state index >= 15 is 0 Å². The van der Waals surface area contributed by atoms with Gasteiger partial charge in [0.05, 0.1) is 0 Å². The zero-order valence-corrected chi connectivity index (χ0v) is 8.10. The first-order valence-corrected chi connectivity index (χ1v) is 4.19. The maximum absolute atomic E-state index is 8.94. The number of rotatable bonds is 2. The smallest absolute Gasteiger partial charge is 0.0500 e. The molecule has 0 fully saturated rings. The zero-order valence-electron chi connectivity index (χ0n) is 6.59. The first-order valence-electron chi connectivity index (χ1n) is 3.43. The van der Waals surface area contributed by atoms with Crippen LogP contribution in [0.4, 0.5) is 0 Å². The van der Waals surface area contributed by atoms with Gasteiger partial charge in [0.25, 0.3) is 0 Å². The van der Waals surface area contributed by atoms with Gasteiger partial charge in [-0.05, 0) is 17.7 Å². The van der Waals surface area contributed by atoms with Crippen LogP contribution in [0.3, 0.4) is 0 Å². The van der Waals surface area contributed by atoms with Gasteiger partial charge in [0.1, 0.15) is 0 Å². The minimum atomic E-state index is 0.399. The molecule has 0 aromatic heterocycles.